The fourth-order valence-corrected chi connectivity index (χ4v) is 1.69. The number of nitrogens with two attached hydrogens (primary N) is 2. The van der Waals surface area contributed by atoms with Crippen molar-refractivity contribution in [2.75, 3.05) is 19.5 Å². The maximum absolute atomic E-state index is 5.94. The monoisotopic (exact) mass is 194 g/mol. The van der Waals surface area contributed by atoms with Crippen LogP contribution in [-0.2, 0) is 0 Å². The molecule has 0 radical (unpaired) electrons. The largest absolute Gasteiger partial charge is 0.491 e. The van der Waals surface area contributed by atoms with Crippen LogP contribution in [0, 0.1) is 0 Å². The Labute approximate surface area is 82.8 Å². The highest BCUT2D eigenvalue weighted by Crippen LogP contribution is 2.41. The van der Waals surface area contributed by atoms with E-state index >= 15 is 0 Å². The average Bonchev–Trinajstić information content (AvgIpc) is 2.18. The molecule has 4 N–H and O–H groups in total. The van der Waals surface area contributed by atoms with E-state index in [0.717, 1.165) is 12.0 Å². The highest BCUT2D eigenvalue weighted by Gasteiger charge is 2.22. The fourth-order valence-electron chi connectivity index (χ4n) is 1.69. The standard InChI is InChI=1S/C10H14N2O2/c1-13-10-8(12)3-2-6-7(11)4-5-14-9(6)10/h2-3,7H,4-5,11-12H2,1H3/t7-/m1/s1. The fraction of sp³-hybridized carbons (Fsp3) is 0.400. The Morgan fingerprint density at radius 3 is 3.00 bits per heavy atom. The van der Waals surface area contributed by atoms with Crippen LogP contribution in [0.4, 0.5) is 5.69 Å². The topological polar surface area (TPSA) is 70.5 Å². The normalized spacial score (nSPS) is 19.7. The smallest absolute Gasteiger partial charge is 0.184 e. The first-order chi connectivity index (χ1) is 6.74. The van der Waals surface area contributed by atoms with Crippen LogP contribution in [-0.4, -0.2) is 13.7 Å². The second-order valence-electron chi connectivity index (χ2n) is 3.35. The Kier molecular flexibility index (Phi) is 2.21. The second kappa shape index (κ2) is 3.38. The van der Waals surface area contributed by atoms with Crippen LogP contribution in [0.15, 0.2) is 12.1 Å². The molecule has 4 heteroatoms. The summed E-state index contributed by atoms with van der Waals surface area (Å²) in [6.45, 7) is 0.619. The number of benzene rings is 1. The summed E-state index contributed by atoms with van der Waals surface area (Å²) in [6.07, 6.45) is 0.833. The molecule has 0 aliphatic carbocycles. The Hall–Kier alpha value is -1.42. The number of rotatable bonds is 1. The van der Waals surface area contributed by atoms with Crippen molar-refractivity contribution >= 4 is 5.69 Å². The van der Waals surface area contributed by atoms with Crippen molar-refractivity contribution in [1.29, 1.82) is 0 Å². The Morgan fingerprint density at radius 2 is 2.29 bits per heavy atom. The summed E-state index contributed by atoms with van der Waals surface area (Å²) in [5.74, 6) is 1.30. The van der Waals surface area contributed by atoms with Crippen LogP contribution in [0.2, 0.25) is 0 Å². The van der Waals surface area contributed by atoms with Crippen LogP contribution in [0.1, 0.15) is 18.0 Å². The number of anilines is 1. The summed E-state index contributed by atoms with van der Waals surface area (Å²) < 4.78 is 10.7. The quantitative estimate of drug-likeness (QED) is 0.656. The number of fused-ring (bicyclic) bond motifs is 1. The van der Waals surface area contributed by atoms with E-state index < -0.39 is 0 Å². The van der Waals surface area contributed by atoms with E-state index in [9.17, 15) is 0 Å². The molecule has 0 bridgehead atoms. The number of methoxy groups -OCH3 is 1. The van der Waals surface area contributed by atoms with Gasteiger partial charge in [0.25, 0.3) is 0 Å². The molecule has 14 heavy (non-hydrogen) atoms. The minimum atomic E-state index is 0.0215. The van der Waals surface area contributed by atoms with Gasteiger partial charge >= 0.3 is 0 Å². The summed E-state index contributed by atoms with van der Waals surface area (Å²) in [7, 11) is 1.58. The Balaban J connectivity index is 2.55. The molecule has 0 fully saturated rings. The van der Waals surface area contributed by atoms with Gasteiger partial charge in [0.15, 0.2) is 11.5 Å². The molecule has 1 heterocycles. The first-order valence-corrected chi connectivity index (χ1v) is 4.58. The van der Waals surface area contributed by atoms with Gasteiger partial charge in [0.1, 0.15) is 0 Å². The van der Waals surface area contributed by atoms with Crippen molar-refractivity contribution in [2.24, 2.45) is 5.73 Å². The number of hydrogen-bond acceptors (Lipinski definition) is 4. The number of ether oxygens (including phenoxy) is 2. The van der Waals surface area contributed by atoms with Crippen molar-refractivity contribution in [3.05, 3.63) is 17.7 Å². The highest BCUT2D eigenvalue weighted by atomic mass is 16.5. The summed E-state index contributed by atoms with van der Waals surface area (Å²) in [4.78, 5) is 0. The van der Waals surface area contributed by atoms with Crippen molar-refractivity contribution in [3.63, 3.8) is 0 Å². The predicted octanol–water partition coefficient (Wildman–Crippen LogP) is 1.06. The average molecular weight is 194 g/mol. The van der Waals surface area contributed by atoms with Gasteiger partial charge in [-0.15, -0.1) is 0 Å². The van der Waals surface area contributed by atoms with Gasteiger partial charge in [-0.25, -0.2) is 0 Å². The summed E-state index contributed by atoms with van der Waals surface area (Å²) in [6, 6.07) is 3.72. The van der Waals surface area contributed by atoms with Gasteiger partial charge in [-0.05, 0) is 6.07 Å². The first-order valence-electron chi connectivity index (χ1n) is 4.58. The molecule has 0 unspecified atom stereocenters. The molecule has 1 aliphatic heterocycles. The van der Waals surface area contributed by atoms with Crippen molar-refractivity contribution < 1.29 is 9.47 Å². The molecule has 1 atom stereocenters. The molecule has 76 valence electrons. The van der Waals surface area contributed by atoms with Gasteiger partial charge in [0, 0.05) is 18.0 Å². The SMILES string of the molecule is COc1c(N)ccc2c1OCC[C@H]2N. The molecule has 0 aromatic heterocycles. The molecule has 2 rings (SSSR count). The van der Waals surface area contributed by atoms with Crippen LogP contribution in [0.25, 0.3) is 0 Å². The van der Waals surface area contributed by atoms with E-state index in [1.807, 2.05) is 6.07 Å². The van der Waals surface area contributed by atoms with Crippen LogP contribution >= 0.6 is 0 Å². The molecule has 4 nitrogen and oxygen atoms in total. The molecule has 0 saturated heterocycles. The minimum Gasteiger partial charge on any atom is -0.491 e. The summed E-state index contributed by atoms with van der Waals surface area (Å²) in [5, 5.41) is 0. The molecule has 1 aliphatic rings. The summed E-state index contributed by atoms with van der Waals surface area (Å²) >= 11 is 0. The van der Waals surface area contributed by atoms with Gasteiger partial charge < -0.3 is 20.9 Å². The van der Waals surface area contributed by atoms with E-state index in [2.05, 4.69) is 0 Å². The van der Waals surface area contributed by atoms with Crippen molar-refractivity contribution in [1.82, 2.24) is 0 Å². The molecule has 1 aromatic carbocycles. The zero-order chi connectivity index (χ0) is 10.1. The van der Waals surface area contributed by atoms with Gasteiger partial charge in [0.2, 0.25) is 0 Å². The minimum absolute atomic E-state index is 0.0215. The van der Waals surface area contributed by atoms with Crippen LogP contribution < -0.4 is 20.9 Å². The third kappa shape index (κ3) is 1.28. The van der Waals surface area contributed by atoms with Gasteiger partial charge in [0.05, 0.1) is 19.4 Å². The highest BCUT2D eigenvalue weighted by molar-refractivity contribution is 5.64. The molecular weight excluding hydrogens is 180 g/mol. The van der Waals surface area contributed by atoms with Crippen LogP contribution in [0.3, 0.4) is 0 Å². The molecular formula is C10H14N2O2. The van der Waals surface area contributed by atoms with E-state index in [0.29, 0.717) is 23.8 Å². The lowest BCUT2D eigenvalue weighted by Crippen LogP contribution is -2.21. The lowest BCUT2D eigenvalue weighted by Gasteiger charge is -2.25. The molecule has 1 aromatic rings. The van der Waals surface area contributed by atoms with E-state index in [4.69, 9.17) is 20.9 Å². The Morgan fingerprint density at radius 1 is 1.50 bits per heavy atom. The number of hydrogen-bond donors (Lipinski definition) is 2. The van der Waals surface area contributed by atoms with Crippen molar-refractivity contribution in [2.45, 2.75) is 12.5 Å². The second-order valence-corrected chi connectivity index (χ2v) is 3.35. The maximum Gasteiger partial charge on any atom is 0.184 e. The van der Waals surface area contributed by atoms with E-state index in [1.165, 1.54) is 0 Å². The zero-order valence-corrected chi connectivity index (χ0v) is 8.12. The lowest BCUT2D eigenvalue weighted by molar-refractivity contribution is 0.253. The maximum atomic E-state index is 5.94. The third-order valence-corrected chi connectivity index (χ3v) is 2.45. The third-order valence-electron chi connectivity index (χ3n) is 2.45. The van der Waals surface area contributed by atoms with Crippen LogP contribution in [0.5, 0.6) is 11.5 Å². The van der Waals surface area contributed by atoms with Crippen molar-refractivity contribution in [3.8, 4) is 11.5 Å². The molecule has 0 amide bonds. The van der Waals surface area contributed by atoms with Gasteiger partial charge in [-0.1, -0.05) is 6.07 Å². The first kappa shape index (κ1) is 9.15. The Bertz CT molecular complexity index is 352. The van der Waals surface area contributed by atoms with E-state index in [-0.39, 0.29) is 6.04 Å². The molecule has 0 spiro atoms. The predicted molar refractivity (Wildman–Crippen MR) is 54.4 cm³/mol. The zero-order valence-electron chi connectivity index (χ0n) is 8.12. The van der Waals surface area contributed by atoms with Gasteiger partial charge in [-0.3, -0.25) is 0 Å². The van der Waals surface area contributed by atoms with E-state index in [1.54, 1.807) is 13.2 Å². The lowest BCUT2D eigenvalue weighted by atomic mass is 10.0. The summed E-state index contributed by atoms with van der Waals surface area (Å²) in [5.41, 5.74) is 13.3. The van der Waals surface area contributed by atoms with Gasteiger partial charge in [-0.2, -0.15) is 0 Å². The number of nitrogen functional groups attached to an aromatic ring is 1. The molecule has 0 saturated carbocycles.